The Morgan fingerprint density at radius 2 is 2.31 bits per heavy atom. The average molecular weight is 256 g/mol. The van der Waals surface area contributed by atoms with E-state index in [0.717, 1.165) is 30.5 Å². The van der Waals surface area contributed by atoms with Gasteiger partial charge in [0, 0.05) is 11.6 Å². The maximum absolute atomic E-state index is 5.98. The fourth-order valence-electron chi connectivity index (χ4n) is 2.04. The van der Waals surface area contributed by atoms with E-state index < -0.39 is 0 Å². The number of fused-ring (bicyclic) bond motifs is 1. The lowest BCUT2D eigenvalue weighted by Crippen LogP contribution is -2.06. The third-order valence-electron chi connectivity index (χ3n) is 2.77. The lowest BCUT2D eigenvalue weighted by molar-refractivity contribution is 0.0563. The van der Waals surface area contributed by atoms with Crippen LogP contribution in [0.5, 0.6) is 0 Å². The minimum Gasteiger partial charge on any atom is -0.429 e. The summed E-state index contributed by atoms with van der Waals surface area (Å²) < 4.78 is 13.0. The standard InChI is InChI=1S/C11H10ClNO2S/c12-7-3-4-9-8(6-7)13(11(16)15-9)10-2-1-5-14-10/h3-4,6,10H,1-2,5H2. The molecule has 0 spiro atoms. The van der Waals surface area contributed by atoms with Gasteiger partial charge in [0.05, 0.1) is 5.52 Å². The Hall–Kier alpha value is -0.840. The normalized spacial score (nSPS) is 20.7. The molecular formula is C11H10ClNO2S. The number of halogens is 1. The molecule has 1 aliphatic rings. The quantitative estimate of drug-likeness (QED) is 0.723. The van der Waals surface area contributed by atoms with Gasteiger partial charge in [-0.25, -0.2) is 0 Å². The van der Waals surface area contributed by atoms with Crippen LogP contribution in [-0.2, 0) is 4.74 Å². The fourth-order valence-corrected chi connectivity index (χ4v) is 2.52. The molecule has 1 atom stereocenters. The highest BCUT2D eigenvalue weighted by molar-refractivity contribution is 7.71. The smallest absolute Gasteiger partial charge is 0.271 e. The van der Waals surface area contributed by atoms with Crippen LogP contribution in [0, 0.1) is 4.84 Å². The zero-order valence-electron chi connectivity index (χ0n) is 8.48. The van der Waals surface area contributed by atoms with E-state index in [0.29, 0.717) is 9.86 Å². The van der Waals surface area contributed by atoms with Crippen molar-refractivity contribution in [1.82, 2.24) is 4.57 Å². The summed E-state index contributed by atoms with van der Waals surface area (Å²) in [4.78, 5) is 0.448. The zero-order chi connectivity index (χ0) is 11.1. The molecule has 1 fully saturated rings. The van der Waals surface area contributed by atoms with Gasteiger partial charge in [-0.1, -0.05) is 11.6 Å². The summed E-state index contributed by atoms with van der Waals surface area (Å²) in [6, 6.07) is 5.48. The van der Waals surface area contributed by atoms with Crippen molar-refractivity contribution in [3.63, 3.8) is 0 Å². The molecule has 5 heteroatoms. The van der Waals surface area contributed by atoms with Crippen LogP contribution in [0.1, 0.15) is 19.1 Å². The van der Waals surface area contributed by atoms with E-state index in [-0.39, 0.29) is 6.23 Å². The molecule has 84 valence electrons. The van der Waals surface area contributed by atoms with E-state index in [1.165, 1.54) is 0 Å². The molecule has 3 rings (SSSR count). The van der Waals surface area contributed by atoms with Gasteiger partial charge in [0.25, 0.3) is 4.84 Å². The molecular weight excluding hydrogens is 246 g/mol. The van der Waals surface area contributed by atoms with Crippen molar-refractivity contribution in [2.75, 3.05) is 6.61 Å². The number of benzene rings is 1. The van der Waals surface area contributed by atoms with Gasteiger partial charge >= 0.3 is 0 Å². The van der Waals surface area contributed by atoms with Gasteiger partial charge in [-0.15, -0.1) is 0 Å². The van der Waals surface area contributed by atoms with Gasteiger partial charge in [0.1, 0.15) is 6.23 Å². The first-order valence-electron chi connectivity index (χ1n) is 5.18. The molecule has 1 unspecified atom stereocenters. The van der Waals surface area contributed by atoms with Crippen LogP contribution in [0.15, 0.2) is 22.6 Å². The molecule has 1 aliphatic heterocycles. The number of ether oxygens (including phenoxy) is 1. The van der Waals surface area contributed by atoms with Crippen molar-refractivity contribution in [1.29, 1.82) is 0 Å². The third-order valence-corrected chi connectivity index (χ3v) is 3.28. The third kappa shape index (κ3) is 1.57. The number of oxazole rings is 1. The summed E-state index contributed by atoms with van der Waals surface area (Å²) in [5.74, 6) is 0. The minimum absolute atomic E-state index is 0.00721. The second-order valence-corrected chi connectivity index (χ2v) is 4.60. The van der Waals surface area contributed by atoms with Gasteiger partial charge < -0.3 is 9.15 Å². The SMILES string of the molecule is S=c1oc2ccc(Cl)cc2n1C1CCCO1. The summed E-state index contributed by atoms with van der Waals surface area (Å²) >= 11 is 11.2. The molecule has 0 aliphatic carbocycles. The molecule has 2 aromatic rings. The Morgan fingerprint density at radius 1 is 1.44 bits per heavy atom. The topological polar surface area (TPSA) is 27.3 Å². The second kappa shape index (κ2) is 3.87. The lowest BCUT2D eigenvalue weighted by Gasteiger charge is -2.10. The van der Waals surface area contributed by atoms with Crippen LogP contribution in [0.2, 0.25) is 5.02 Å². The number of aromatic nitrogens is 1. The Kier molecular flexibility index (Phi) is 2.50. The number of hydrogen-bond donors (Lipinski definition) is 0. The van der Waals surface area contributed by atoms with E-state index >= 15 is 0 Å². The van der Waals surface area contributed by atoms with E-state index in [1.807, 2.05) is 16.7 Å². The van der Waals surface area contributed by atoms with E-state index in [1.54, 1.807) is 6.07 Å². The summed E-state index contributed by atoms with van der Waals surface area (Å²) in [6.45, 7) is 0.777. The van der Waals surface area contributed by atoms with Crippen molar-refractivity contribution in [2.45, 2.75) is 19.1 Å². The highest BCUT2D eigenvalue weighted by atomic mass is 35.5. The highest BCUT2D eigenvalue weighted by Crippen LogP contribution is 2.30. The van der Waals surface area contributed by atoms with Crippen LogP contribution in [0.3, 0.4) is 0 Å². The van der Waals surface area contributed by atoms with Gasteiger partial charge in [0.2, 0.25) is 0 Å². The summed E-state index contributed by atoms with van der Waals surface area (Å²) in [5.41, 5.74) is 1.66. The van der Waals surface area contributed by atoms with E-state index in [2.05, 4.69) is 0 Å². The zero-order valence-corrected chi connectivity index (χ0v) is 10.1. The number of rotatable bonds is 1. The van der Waals surface area contributed by atoms with Crippen molar-refractivity contribution in [3.05, 3.63) is 28.1 Å². The van der Waals surface area contributed by atoms with Gasteiger partial charge in [-0.3, -0.25) is 4.57 Å². The maximum atomic E-state index is 5.98. The number of hydrogen-bond acceptors (Lipinski definition) is 3. The molecule has 0 N–H and O–H groups in total. The largest absolute Gasteiger partial charge is 0.429 e. The van der Waals surface area contributed by atoms with Crippen LogP contribution in [0.4, 0.5) is 0 Å². The molecule has 1 aromatic carbocycles. The Balaban J connectivity index is 2.25. The van der Waals surface area contributed by atoms with Gasteiger partial charge in [0.15, 0.2) is 5.58 Å². The van der Waals surface area contributed by atoms with Gasteiger partial charge in [-0.2, -0.15) is 0 Å². The minimum atomic E-state index is -0.00721. The molecule has 0 amide bonds. The van der Waals surface area contributed by atoms with Crippen molar-refractivity contribution in [2.24, 2.45) is 0 Å². The molecule has 1 saturated heterocycles. The first-order chi connectivity index (χ1) is 7.75. The lowest BCUT2D eigenvalue weighted by atomic mass is 10.3. The maximum Gasteiger partial charge on any atom is 0.271 e. The monoisotopic (exact) mass is 255 g/mol. The molecule has 3 nitrogen and oxygen atoms in total. The summed E-state index contributed by atoms with van der Waals surface area (Å²) in [5, 5.41) is 0.676. The highest BCUT2D eigenvalue weighted by Gasteiger charge is 2.21. The molecule has 0 radical (unpaired) electrons. The van der Waals surface area contributed by atoms with Gasteiger partial charge in [-0.05, 0) is 43.3 Å². The molecule has 0 bridgehead atoms. The average Bonchev–Trinajstić information content (AvgIpc) is 2.83. The predicted octanol–water partition coefficient (Wildman–Crippen LogP) is 3.93. The van der Waals surface area contributed by atoms with Crippen LogP contribution in [0.25, 0.3) is 11.1 Å². The van der Waals surface area contributed by atoms with Crippen molar-refractivity contribution >= 4 is 34.9 Å². The summed E-state index contributed by atoms with van der Waals surface area (Å²) in [7, 11) is 0. The molecule has 16 heavy (non-hydrogen) atoms. The first-order valence-corrected chi connectivity index (χ1v) is 5.96. The first kappa shape index (κ1) is 10.3. The predicted molar refractivity (Wildman–Crippen MR) is 64.3 cm³/mol. The van der Waals surface area contributed by atoms with Crippen LogP contribution in [-0.4, -0.2) is 11.2 Å². The fraction of sp³-hybridized carbons (Fsp3) is 0.364. The number of nitrogens with zero attached hydrogens (tertiary/aromatic N) is 1. The Morgan fingerprint density at radius 3 is 3.06 bits per heavy atom. The van der Waals surface area contributed by atoms with Crippen LogP contribution >= 0.6 is 23.8 Å². The molecule has 2 heterocycles. The Bertz CT molecular complexity index is 583. The van der Waals surface area contributed by atoms with E-state index in [9.17, 15) is 0 Å². The second-order valence-electron chi connectivity index (χ2n) is 3.82. The molecule has 1 aromatic heterocycles. The Labute approximate surface area is 103 Å². The molecule has 0 saturated carbocycles. The van der Waals surface area contributed by atoms with Crippen molar-refractivity contribution < 1.29 is 9.15 Å². The summed E-state index contributed by atoms with van der Waals surface area (Å²) in [6.07, 6.45) is 2.02. The van der Waals surface area contributed by atoms with E-state index in [4.69, 9.17) is 33.0 Å². The van der Waals surface area contributed by atoms with Crippen molar-refractivity contribution in [3.8, 4) is 0 Å². The van der Waals surface area contributed by atoms with Crippen LogP contribution < -0.4 is 0 Å².